The summed E-state index contributed by atoms with van der Waals surface area (Å²) in [5, 5.41) is 6.15. The maximum atomic E-state index is 12.2. The lowest BCUT2D eigenvalue weighted by molar-refractivity contribution is -0.0120. The number of nitrogens with one attached hydrogen (secondary N) is 1. The van der Waals surface area contributed by atoms with Gasteiger partial charge in [0, 0.05) is 25.3 Å². The van der Waals surface area contributed by atoms with Gasteiger partial charge in [-0.2, -0.15) is 9.40 Å². The van der Waals surface area contributed by atoms with Crippen LogP contribution in [0.5, 0.6) is 0 Å². The van der Waals surface area contributed by atoms with E-state index in [0.717, 1.165) is 0 Å². The van der Waals surface area contributed by atoms with Crippen molar-refractivity contribution in [3.05, 3.63) is 12.4 Å². The Morgan fingerprint density at radius 3 is 3.06 bits per heavy atom. The van der Waals surface area contributed by atoms with Gasteiger partial charge in [-0.3, -0.25) is 5.10 Å². The second kappa shape index (κ2) is 4.73. The number of ether oxygens (including phenoxy) is 1. The molecule has 0 amide bonds. The molecule has 0 aliphatic carbocycles. The van der Waals surface area contributed by atoms with Gasteiger partial charge in [0.15, 0.2) is 0 Å². The van der Waals surface area contributed by atoms with Crippen molar-refractivity contribution in [2.24, 2.45) is 5.73 Å². The monoisotopic (exact) mass is 260 g/mol. The van der Waals surface area contributed by atoms with Gasteiger partial charge in [0.2, 0.25) is 10.0 Å². The minimum Gasteiger partial charge on any atom is -0.374 e. The first-order valence-corrected chi connectivity index (χ1v) is 6.82. The van der Waals surface area contributed by atoms with Crippen molar-refractivity contribution in [1.82, 2.24) is 14.5 Å². The first-order chi connectivity index (χ1) is 8.01. The van der Waals surface area contributed by atoms with E-state index >= 15 is 0 Å². The van der Waals surface area contributed by atoms with Crippen molar-refractivity contribution < 1.29 is 13.2 Å². The molecule has 0 spiro atoms. The number of H-pyrrole nitrogens is 1. The minimum atomic E-state index is -3.48. The summed E-state index contributed by atoms with van der Waals surface area (Å²) >= 11 is 0. The number of nitrogens with zero attached hydrogens (tertiary/aromatic N) is 2. The maximum absolute atomic E-state index is 12.2. The van der Waals surface area contributed by atoms with Crippen molar-refractivity contribution in [1.29, 1.82) is 0 Å². The molecular weight excluding hydrogens is 244 g/mol. The molecule has 1 fully saturated rings. The molecular formula is C9H16N4O3S. The van der Waals surface area contributed by atoms with Crippen LogP contribution in [-0.4, -0.2) is 54.8 Å². The summed E-state index contributed by atoms with van der Waals surface area (Å²) in [6, 6.07) is -0.197. The van der Waals surface area contributed by atoms with Crippen LogP contribution < -0.4 is 5.73 Å². The molecule has 0 radical (unpaired) electrons. The van der Waals surface area contributed by atoms with Crippen molar-refractivity contribution in [2.45, 2.75) is 24.0 Å². The lowest BCUT2D eigenvalue weighted by Gasteiger charge is -2.33. The molecule has 2 heterocycles. The molecule has 3 N–H and O–H groups in total. The van der Waals surface area contributed by atoms with Gasteiger partial charge in [0.25, 0.3) is 0 Å². The Kier molecular flexibility index (Phi) is 3.48. The van der Waals surface area contributed by atoms with Crippen LogP contribution >= 0.6 is 0 Å². The Labute approximate surface area is 100.0 Å². The molecule has 1 aliphatic rings. The molecule has 8 heteroatoms. The summed E-state index contributed by atoms with van der Waals surface area (Å²) in [5.41, 5.74) is 5.73. The van der Waals surface area contributed by atoms with Gasteiger partial charge < -0.3 is 10.5 Å². The lowest BCUT2D eigenvalue weighted by atomic mass is 10.2. The summed E-state index contributed by atoms with van der Waals surface area (Å²) < 4.78 is 31.2. The fourth-order valence-electron chi connectivity index (χ4n) is 1.72. The average Bonchev–Trinajstić information content (AvgIpc) is 2.83. The highest BCUT2D eigenvalue weighted by atomic mass is 32.2. The third-order valence-electron chi connectivity index (χ3n) is 2.75. The molecule has 1 aromatic heterocycles. The van der Waals surface area contributed by atoms with Crippen LogP contribution in [0.2, 0.25) is 0 Å². The summed E-state index contributed by atoms with van der Waals surface area (Å²) in [7, 11) is -3.48. The van der Waals surface area contributed by atoms with E-state index in [9.17, 15) is 8.42 Å². The normalized spacial score (nSPS) is 24.7. The third kappa shape index (κ3) is 2.49. The first-order valence-electron chi connectivity index (χ1n) is 5.38. The molecule has 0 bridgehead atoms. The van der Waals surface area contributed by atoms with E-state index in [4.69, 9.17) is 10.5 Å². The van der Waals surface area contributed by atoms with Crippen LogP contribution in [0.15, 0.2) is 17.3 Å². The average molecular weight is 260 g/mol. The summed E-state index contributed by atoms with van der Waals surface area (Å²) in [4.78, 5) is 0.169. The molecule has 96 valence electrons. The Morgan fingerprint density at radius 2 is 2.47 bits per heavy atom. The second-order valence-corrected chi connectivity index (χ2v) is 6.00. The van der Waals surface area contributed by atoms with Gasteiger partial charge in [-0.1, -0.05) is 0 Å². The highest BCUT2D eigenvalue weighted by Crippen LogP contribution is 2.18. The van der Waals surface area contributed by atoms with Crippen molar-refractivity contribution in [2.75, 3.05) is 19.7 Å². The molecule has 7 nitrogen and oxygen atoms in total. The van der Waals surface area contributed by atoms with Crippen LogP contribution in [0.3, 0.4) is 0 Å². The standard InChI is InChI=1S/C9H16N4O3S/c1-7(10)9-6-13(2-3-16-9)17(14,15)8-4-11-12-5-8/h4-5,7,9H,2-3,6,10H2,1H3,(H,11,12). The third-order valence-corrected chi connectivity index (χ3v) is 4.58. The van der Waals surface area contributed by atoms with Crippen LogP contribution in [0.25, 0.3) is 0 Å². The first kappa shape index (κ1) is 12.5. The molecule has 17 heavy (non-hydrogen) atoms. The highest BCUT2D eigenvalue weighted by molar-refractivity contribution is 7.89. The second-order valence-electron chi connectivity index (χ2n) is 4.07. The van der Waals surface area contributed by atoms with Crippen molar-refractivity contribution in [3.63, 3.8) is 0 Å². The van der Waals surface area contributed by atoms with Crippen LogP contribution in [0.4, 0.5) is 0 Å². The van der Waals surface area contributed by atoms with Gasteiger partial charge in [0.05, 0.1) is 18.9 Å². The number of hydrogen-bond donors (Lipinski definition) is 2. The fraction of sp³-hybridized carbons (Fsp3) is 0.667. The molecule has 2 unspecified atom stereocenters. The summed E-state index contributed by atoms with van der Waals surface area (Å²) in [6.07, 6.45) is 2.41. The predicted octanol–water partition coefficient (Wildman–Crippen LogP) is -0.854. The van der Waals surface area contributed by atoms with E-state index < -0.39 is 10.0 Å². The van der Waals surface area contributed by atoms with Gasteiger partial charge in [0.1, 0.15) is 4.90 Å². The van der Waals surface area contributed by atoms with Crippen LogP contribution in [-0.2, 0) is 14.8 Å². The highest BCUT2D eigenvalue weighted by Gasteiger charge is 2.32. The maximum Gasteiger partial charge on any atom is 0.246 e. The summed E-state index contributed by atoms with van der Waals surface area (Å²) in [6.45, 7) is 2.80. The molecule has 0 aromatic carbocycles. The number of sulfonamides is 1. The number of aromatic amines is 1. The molecule has 0 saturated carbocycles. The zero-order chi connectivity index (χ0) is 12.5. The SMILES string of the molecule is CC(N)C1CN(S(=O)(=O)c2cn[nH]c2)CCO1. The smallest absolute Gasteiger partial charge is 0.246 e. The van der Waals surface area contributed by atoms with E-state index in [2.05, 4.69) is 10.2 Å². The predicted molar refractivity (Wildman–Crippen MR) is 60.7 cm³/mol. The number of rotatable bonds is 3. The van der Waals surface area contributed by atoms with E-state index in [1.165, 1.54) is 16.7 Å². The van der Waals surface area contributed by atoms with E-state index in [1.807, 2.05) is 0 Å². The van der Waals surface area contributed by atoms with E-state index in [-0.39, 0.29) is 23.6 Å². The Balaban J connectivity index is 2.17. The van der Waals surface area contributed by atoms with E-state index in [1.54, 1.807) is 6.92 Å². The topological polar surface area (TPSA) is 101 Å². The quantitative estimate of drug-likeness (QED) is 0.737. The molecule has 2 rings (SSSR count). The van der Waals surface area contributed by atoms with Gasteiger partial charge in [-0.05, 0) is 6.92 Å². The van der Waals surface area contributed by atoms with Crippen molar-refractivity contribution in [3.8, 4) is 0 Å². The summed E-state index contributed by atoms with van der Waals surface area (Å²) in [5.74, 6) is 0. The van der Waals surface area contributed by atoms with Crippen LogP contribution in [0.1, 0.15) is 6.92 Å². The number of hydrogen-bond acceptors (Lipinski definition) is 5. The minimum absolute atomic E-state index is 0.169. The largest absolute Gasteiger partial charge is 0.374 e. The number of nitrogens with two attached hydrogens (primary N) is 1. The Morgan fingerprint density at radius 1 is 1.71 bits per heavy atom. The zero-order valence-corrected chi connectivity index (χ0v) is 10.4. The molecule has 1 aliphatic heterocycles. The fourth-order valence-corrected chi connectivity index (χ4v) is 3.06. The van der Waals surface area contributed by atoms with Crippen LogP contribution in [0, 0.1) is 0 Å². The number of aromatic nitrogens is 2. The van der Waals surface area contributed by atoms with Gasteiger partial charge in [-0.15, -0.1) is 0 Å². The van der Waals surface area contributed by atoms with Gasteiger partial charge in [-0.25, -0.2) is 8.42 Å². The zero-order valence-electron chi connectivity index (χ0n) is 9.54. The van der Waals surface area contributed by atoms with Crippen molar-refractivity contribution >= 4 is 10.0 Å². The molecule has 1 saturated heterocycles. The Hall–Kier alpha value is -0.960. The molecule has 2 atom stereocenters. The Bertz CT molecular complexity index is 457. The van der Waals surface area contributed by atoms with Gasteiger partial charge >= 0.3 is 0 Å². The lowest BCUT2D eigenvalue weighted by Crippen LogP contribution is -2.51. The van der Waals surface area contributed by atoms with E-state index in [0.29, 0.717) is 13.2 Å². The molecule has 1 aromatic rings. The number of morpholine rings is 1.